The third kappa shape index (κ3) is 1.88. The number of nitrogens with two attached hydrogens (primary N) is 1. The molecule has 0 aliphatic rings. The smallest absolute Gasteiger partial charge is 0.284 e. The van der Waals surface area contributed by atoms with Crippen LogP contribution in [0.2, 0.25) is 0 Å². The molecule has 0 radical (unpaired) electrons. The van der Waals surface area contributed by atoms with Crippen molar-refractivity contribution in [1.82, 2.24) is 0 Å². The number of amides is 1. The lowest BCUT2D eigenvalue weighted by Gasteiger charge is -1.95. The van der Waals surface area contributed by atoms with Gasteiger partial charge in [0, 0.05) is 5.56 Å². The van der Waals surface area contributed by atoms with Crippen molar-refractivity contribution >= 4 is 5.91 Å². The summed E-state index contributed by atoms with van der Waals surface area (Å²) in [7, 11) is 0. The molecule has 2 N–H and O–H groups in total. The second-order valence-corrected chi connectivity index (χ2v) is 3.04. The summed E-state index contributed by atoms with van der Waals surface area (Å²) in [4.78, 5) is 10.8. The number of carbonyl (C=O) groups is 1. The maximum atomic E-state index is 12.6. The van der Waals surface area contributed by atoms with E-state index in [1.807, 2.05) is 0 Å². The number of rotatable bonds is 2. The zero-order valence-electron chi connectivity index (χ0n) is 7.74. The second kappa shape index (κ2) is 3.57. The lowest BCUT2D eigenvalue weighted by Crippen LogP contribution is -2.09. The van der Waals surface area contributed by atoms with E-state index in [0.29, 0.717) is 11.3 Å². The van der Waals surface area contributed by atoms with Crippen molar-refractivity contribution < 1.29 is 13.6 Å². The number of hydrogen-bond donors (Lipinski definition) is 1. The summed E-state index contributed by atoms with van der Waals surface area (Å²) < 4.78 is 17.8. The highest BCUT2D eigenvalue weighted by atomic mass is 19.1. The molecule has 0 fully saturated rings. The van der Waals surface area contributed by atoms with E-state index in [-0.39, 0.29) is 11.6 Å². The summed E-state index contributed by atoms with van der Waals surface area (Å²) in [5, 5.41) is 0. The SMILES string of the molecule is NC(=O)c1ccc(-c2ccc(F)cc2)o1. The summed E-state index contributed by atoms with van der Waals surface area (Å²) in [6.07, 6.45) is 0. The first-order valence-electron chi connectivity index (χ1n) is 4.32. The number of hydrogen-bond acceptors (Lipinski definition) is 2. The number of benzene rings is 1. The van der Waals surface area contributed by atoms with Gasteiger partial charge in [-0.15, -0.1) is 0 Å². The Morgan fingerprint density at radius 1 is 1.13 bits per heavy atom. The van der Waals surface area contributed by atoms with E-state index >= 15 is 0 Å². The lowest BCUT2D eigenvalue weighted by atomic mass is 10.2. The molecule has 0 saturated heterocycles. The van der Waals surface area contributed by atoms with E-state index in [4.69, 9.17) is 10.2 Å². The van der Waals surface area contributed by atoms with Crippen LogP contribution in [-0.4, -0.2) is 5.91 Å². The van der Waals surface area contributed by atoms with Crippen LogP contribution in [-0.2, 0) is 0 Å². The molecule has 0 unspecified atom stereocenters. The largest absolute Gasteiger partial charge is 0.451 e. The number of primary amides is 1. The Morgan fingerprint density at radius 3 is 2.33 bits per heavy atom. The van der Waals surface area contributed by atoms with Crippen LogP contribution >= 0.6 is 0 Å². The maximum absolute atomic E-state index is 12.6. The van der Waals surface area contributed by atoms with Gasteiger partial charge < -0.3 is 10.2 Å². The Labute approximate surface area is 85.3 Å². The third-order valence-corrected chi connectivity index (χ3v) is 1.98. The third-order valence-electron chi connectivity index (χ3n) is 1.98. The Bertz CT molecular complexity index is 488. The van der Waals surface area contributed by atoms with Gasteiger partial charge in [0.1, 0.15) is 11.6 Å². The molecular formula is C11H8FNO2. The van der Waals surface area contributed by atoms with Crippen molar-refractivity contribution in [2.75, 3.05) is 0 Å². The van der Waals surface area contributed by atoms with Gasteiger partial charge in [0.2, 0.25) is 0 Å². The number of furan rings is 1. The molecule has 1 aromatic heterocycles. The highest BCUT2D eigenvalue weighted by Gasteiger charge is 2.08. The normalized spacial score (nSPS) is 10.2. The van der Waals surface area contributed by atoms with Gasteiger partial charge in [-0.3, -0.25) is 4.79 Å². The summed E-state index contributed by atoms with van der Waals surface area (Å²) in [6.45, 7) is 0. The molecule has 0 aliphatic carbocycles. The van der Waals surface area contributed by atoms with Crippen molar-refractivity contribution in [2.24, 2.45) is 5.73 Å². The summed E-state index contributed by atoms with van der Waals surface area (Å²) in [6, 6.07) is 8.88. The van der Waals surface area contributed by atoms with Crippen LogP contribution in [0.15, 0.2) is 40.8 Å². The summed E-state index contributed by atoms with van der Waals surface area (Å²) in [5.41, 5.74) is 5.73. The van der Waals surface area contributed by atoms with E-state index in [2.05, 4.69) is 0 Å². The monoisotopic (exact) mass is 205 g/mol. The molecule has 0 spiro atoms. The van der Waals surface area contributed by atoms with E-state index in [0.717, 1.165) is 0 Å². The molecule has 2 rings (SSSR count). The van der Waals surface area contributed by atoms with Gasteiger partial charge in [-0.25, -0.2) is 4.39 Å². The summed E-state index contributed by atoms with van der Waals surface area (Å²) >= 11 is 0. The average Bonchev–Trinajstić information content (AvgIpc) is 2.68. The van der Waals surface area contributed by atoms with Gasteiger partial charge in [0.15, 0.2) is 5.76 Å². The van der Waals surface area contributed by atoms with Gasteiger partial charge in [-0.1, -0.05) is 0 Å². The van der Waals surface area contributed by atoms with Crippen LogP contribution in [0, 0.1) is 5.82 Å². The van der Waals surface area contributed by atoms with Crippen LogP contribution < -0.4 is 5.73 Å². The first-order valence-corrected chi connectivity index (χ1v) is 4.32. The molecule has 15 heavy (non-hydrogen) atoms. The van der Waals surface area contributed by atoms with E-state index in [1.54, 1.807) is 18.2 Å². The molecule has 2 aromatic rings. The fourth-order valence-electron chi connectivity index (χ4n) is 1.24. The van der Waals surface area contributed by atoms with E-state index in [9.17, 15) is 9.18 Å². The Hall–Kier alpha value is -2.10. The van der Waals surface area contributed by atoms with Crippen LogP contribution in [0.3, 0.4) is 0 Å². The lowest BCUT2D eigenvalue weighted by molar-refractivity contribution is 0.0974. The topological polar surface area (TPSA) is 56.2 Å². The minimum Gasteiger partial charge on any atom is -0.451 e. The van der Waals surface area contributed by atoms with Gasteiger partial charge in [-0.2, -0.15) is 0 Å². The highest BCUT2D eigenvalue weighted by Crippen LogP contribution is 2.21. The van der Waals surface area contributed by atoms with Crippen LogP contribution in [0.5, 0.6) is 0 Å². The maximum Gasteiger partial charge on any atom is 0.284 e. The zero-order chi connectivity index (χ0) is 10.8. The molecule has 0 bridgehead atoms. The number of carbonyl (C=O) groups excluding carboxylic acids is 1. The Morgan fingerprint density at radius 2 is 1.80 bits per heavy atom. The van der Waals surface area contributed by atoms with Crippen molar-refractivity contribution in [3.63, 3.8) is 0 Å². The molecule has 0 atom stereocenters. The van der Waals surface area contributed by atoms with E-state index in [1.165, 1.54) is 18.2 Å². The Kier molecular flexibility index (Phi) is 2.25. The fourth-order valence-corrected chi connectivity index (χ4v) is 1.24. The molecule has 0 aliphatic heterocycles. The van der Waals surface area contributed by atoms with Gasteiger partial charge in [-0.05, 0) is 36.4 Å². The second-order valence-electron chi connectivity index (χ2n) is 3.04. The van der Waals surface area contributed by atoms with Crippen molar-refractivity contribution in [3.8, 4) is 11.3 Å². The quantitative estimate of drug-likeness (QED) is 0.816. The van der Waals surface area contributed by atoms with Crippen LogP contribution in [0.1, 0.15) is 10.6 Å². The molecule has 1 amide bonds. The van der Waals surface area contributed by atoms with Crippen LogP contribution in [0.4, 0.5) is 4.39 Å². The molecule has 3 nitrogen and oxygen atoms in total. The van der Waals surface area contributed by atoms with Gasteiger partial charge in [0.25, 0.3) is 5.91 Å². The van der Waals surface area contributed by atoms with Crippen molar-refractivity contribution in [2.45, 2.75) is 0 Å². The first-order chi connectivity index (χ1) is 7.16. The standard InChI is InChI=1S/C11H8FNO2/c12-8-3-1-7(2-4-8)9-5-6-10(15-9)11(13)14/h1-6H,(H2,13,14). The molecule has 4 heteroatoms. The molecule has 0 saturated carbocycles. The number of halogens is 1. The fraction of sp³-hybridized carbons (Fsp3) is 0. The van der Waals surface area contributed by atoms with Crippen molar-refractivity contribution in [3.05, 3.63) is 48.0 Å². The van der Waals surface area contributed by atoms with E-state index < -0.39 is 5.91 Å². The highest BCUT2D eigenvalue weighted by molar-refractivity contribution is 5.90. The Balaban J connectivity index is 2.37. The molecule has 76 valence electrons. The zero-order valence-corrected chi connectivity index (χ0v) is 7.74. The predicted molar refractivity (Wildman–Crippen MR) is 52.6 cm³/mol. The van der Waals surface area contributed by atoms with Gasteiger partial charge >= 0.3 is 0 Å². The average molecular weight is 205 g/mol. The van der Waals surface area contributed by atoms with Gasteiger partial charge in [0.05, 0.1) is 0 Å². The first kappa shape index (κ1) is 9.45. The molecule has 1 aromatic carbocycles. The minimum absolute atomic E-state index is 0.0920. The van der Waals surface area contributed by atoms with Crippen molar-refractivity contribution in [1.29, 1.82) is 0 Å². The summed E-state index contributed by atoms with van der Waals surface area (Å²) in [5.74, 6) is -0.359. The molecular weight excluding hydrogens is 197 g/mol. The molecule has 1 heterocycles. The predicted octanol–water partition coefficient (Wildman–Crippen LogP) is 2.18. The van der Waals surface area contributed by atoms with Crippen LogP contribution in [0.25, 0.3) is 11.3 Å². The minimum atomic E-state index is -0.622.